The van der Waals surface area contributed by atoms with Crippen LogP contribution in [0.1, 0.15) is 115 Å². The van der Waals surface area contributed by atoms with Gasteiger partial charge < -0.3 is 0 Å². The van der Waals surface area contributed by atoms with Crippen molar-refractivity contribution < 1.29 is 0 Å². The largest absolute Gasteiger partial charge is 0.282 e. The van der Waals surface area contributed by atoms with Crippen LogP contribution >= 0.6 is 0 Å². The second-order valence-electron chi connectivity index (χ2n) is 15.6. The third-order valence-corrected chi connectivity index (χ3v) is 12.1. The molecule has 0 atom stereocenters. The molecule has 0 aromatic heterocycles. The predicted octanol–water partition coefficient (Wildman–Crippen LogP) is 10.6. The van der Waals surface area contributed by atoms with Crippen molar-refractivity contribution in [3.8, 4) is 11.1 Å². The average Bonchev–Trinajstić information content (AvgIpc) is 3.26. The summed E-state index contributed by atoms with van der Waals surface area (Å²) in [4.78, 5) is 5.13. The Morgan fingerprint density at radius 1 is 0.721 bits per heavy atom. The SMILES string of the molecule is CC(C)(/C(=N\C(=N)C1=CCCC=C1)c1ccc2c(c1)C(C)(C)c1cc3c(cc1-2)C(C)(C)C(C)(C)C3(C)C)c1ccccc1. The first kappa shape index (κ1) is 29.5. The zero-order valence-electron chi connectivity index (χ0n) is 27.9. The fraction of sp³-hybridized carbons (Fsp3) is 0.415. The lowest BCUT2D eigenvalue weighted by Crippen LogP contribution is -2.42. The van der Waals surface area contributed by atoms with Gasteiger partial charge in [-0.15, -0.1) is 0 Å². The van der Waals surface area contributed by atoms with E-state index in [0.29, 0.717) is 5.84 Å². The highest BCUT2D eigenvalue weighted by atomic mass is 14.8. The normalized spacial score (nSPS) is 20.7. The molecule has 0 unspecified atom stereocenters. The summed E-state index contributed by atoms with van der Waals surface area (Å²) >= 11 is 0. The number of nitrogens with zero attached hydrogens (tertiary/aromatic N) is 1. The zero-order chi connectivity index (χ0) is 31.2. The molecule has 0 bridgehead atoms. The van der Waals surface area contributed by atoms with Crippen LogP contribution in [0.25, 0.3) is 11.1 Å². The maximum absolute atomic E-state index is 9.02. The summed E-state index contributed by atoms with van der Waals surface area (Å²) < 4.78 is 0. The van der Waals surface area contributed by atoms with E-state index in [4.69, 9.17) is 10.4 Å². The Labute approximate surface area is 259 Å². The second-order valence-corrected chi connectivity index (χ2v) is 15.6. The number of benzene rings is 3. The van der Waals surface area contributed by atoms with Gasteiger partial charge in [-0.25, -0.2) is 4.99 Å². The Morgan fingerprint density at radius 2 is 1.35 bits per heavy atom. The minimum absolute atomic E-state index is 0.0653. The van der Waals surface area contributed by atoms with Crippen LogP contribution in [0, 0.1) is 10.8 Å². The number of allylic oxidation sites excluding steroid dienone is 2. The van der Waals surface area contributed by atoms with Crippen LogP contribution in [-0.2, 0) is 21.7 Å². The molecule has 3 aliphatic rings. The highest BCUT2D eigenvalue weighted by molar-refractivity contribution is 6.16. The summed E-state index contributed by atoms with van der Waals surface area (Å²) in [6, 6.07) is 22.6. The van der Waals surface area contributed by atoms with Crippen molar-refractivity contribution in [2.75, 3.05) is 0 Å². The lowest BCUT2D eigenvalue weighted by Gasteiger charge is -2.44. The van der Waals surface area contributed by atoms with Crippen molar-refractivity contribution >= 4 is 11.5 Å². The molecule has 0 saturated carbocycles. The van der Waals surface area contributed by atoms with Crippen molar-refractivity contribution in [3.63, 3.8) is 0 Å². The Bertz CT molecular complexity index is 1740. The van der Waals surface area contributed by atoms with Gasteiger partial charge in [0.15, 0.2) is 5.84 Å². The van der Waals surface area contributed by atoms with E-state index in [1.807, 2.05) is 6.08 Å². The standard InChI is InChI=1S/C41H48N2/c1-37(2,28-19-15-12-16-20-28)35(43-36(42)26-17-13-11-14-18-26)27-21-22-29-30-24-33-34(25-32(30)38(3,4)31(29)23-27)40(7,8)41(9,10)39(33,5)6/h12-13,15-25,42H,11,14H2,1-10H3/b42-36?,43-35-. The van der Waals surface area contributed by atoms with E-state index in [0.717, 1.165) is 29.7 Å². The summed E-state index contributed by atoms with van der Waals surface area (Å²) in [7, 11) is 0. The van der Waals surface area contributed by atoms with E-state index in [1.165, 1.54) is 38.9 Å². The molecule has 0 fully saturated rings. The van der Waals surface area contributed by atoms with Gasteiger partial charge in [-0.3, -0.25) is 5.41 Å². The summed E-state index contributed by atoms with van der Waals surface area (Å²) in [5.41, 5.74) is 12.3. The maximum atomic E-state index is 9.02. The van der Waals surface area contributed by atoms with Gasteiger partial charge in [0.1, 0.15) is 0 Å². The van der Waals surface area contributed by atoms with Gasteiger partial charge in [-0.1, -0.05) is 136 Å². The first-order valence-electron chi connectivity index (χ1n) is 16.0. The van der Waals surface area contributed by atoms with Gasteiger partial charge in [-0.2, -0.15) is 0 Å². The van der Waals surface area contributed by atoms with E-state index < -0.39 is 5.41 Å². The summed E-state index contributed by atoms with van der Waals surface area (Å²) in [5.74, 6) is 0.335. The van der Waals surface area contributed by atoms with Gasteiger partial charge in [0.05, 0.1) is 5.71 Å². The minimum Gasteiger partial charge on any atom is -0.282 e. The van der Waals surface area contributed by atoms with E-state index in [-0.39, 0.29) is 21.7 Å². The molecule has 43 heavy (non-hydrogen) atoms. The molecule has 0 amide bonds. The molecular weight excluding hydrogens is 520 g/mol. The van der Waals surface area contributed by atoms with Gasteiger partial charge in [0.25, 0.3) is 0 Å². The Balaban J connectivity index is 1.52. The molecule has 0 radical (unpaired) electrons. The molecule has 2 nitrogen and oxygen atoms in total. The highest BCUT2D eigenvalue weighted by Crippen LogP contribution is 2.63. The van der Waals surface area contributed by atoms with Crippen LogP contribution in [-0.4, -0.2) is 11.5 Å². The fourth-order valence-electron chi connectivity index (χ4n) is 7.94. The summed E-state index contributed by atoms with van der Waals surface area (Å²) in [6.45, 7) is 23.8. The highest BCUT2D eigenvalue weighted by Gasteiger charge is 2.57. The number of hydrogen-bond acceptors (Lipinski definition) is 1. The molecule has 3 aliphatic carbocycles. The molecule has 0 heterocycles. The van der Waals surface area contributed by atoms with Crippen LogP contribution in [0.4, 0.5) is 0 Å². The van der Waals surface area contributed by atoms with E-state index in [2.05, 4.69) is 142 Å². The number of rotatable bonds is 4. The molecule has 0 aliphatic heterocycles. The number of hydrogen-bond donors (Lipinski definition) is 1. The van der Waals surface area contributed by atoms with Gasteiger partial charge in [0, 0.05) is 16.4 Å². The molecule has 0 saturated heterocycles. The molecular formula is C41H48N2. The van der Waals surface area contributed by atoms with Crippen LogP contribution in [0.5, 0.6) is 0 Å². The predicted molar refractivity (Wildman–Crippen MR) is 184 cm³/mol. The maximum Gasteiger partial charge on any atom is 0.151 e. The van der Waals surface area contributed by atoms with E-state index in [1.54, 1.807) is 0 Å². The fourth-order valence-corrected chi connectivity index (χ4v) is 7.94. The van der Waals surface area contributed by atoms with Crippen molar-refractivity contribution in [1.29, 1.82) is 5.41 Å². The lowest BCUT2D eigenvalue weighted by molar-refractivity contribution is 0.125. The van der Waals surface area contributed by atoms with Gasteiger partial charge >= 0.3 is 0 Å². The quantitative estimate of drug-likeness (QED) is 0.240. The number of amidine groups is 1. The molecule has 6 rings (SSSR count). The van der Waals surface area contributed by atoms with Crippen LogP contribution in [0.2, 0.25) is 0 Å². The van der Waals surface area contributed by atoms with Crippen LogP contribution in [0.3, 0.4) is 0 Å². The summed E-state index contributed by atoms with van der Waals surface area (Å²) in [6.07, 6.45) is 8.33. The smallest absolute Gasteiger partial charge is 0.151 e. The second kappa shape index (κ2) is 9.49. The molecule has 3 aromatic rings. The third-order valence-electron chi connectivity index (χ3n) is 12.1. The lowest BCUT2D eigenvalue weighted by atomic mass is 9.59. The third kappa shape index (κ3) is 4.12. The number of aliphatic imine (C=N–C) groups is 1. The van der Waals surface area contributed by atoms with Gasteiger partial charge in [-0.05, 0) is 85.7 Å². The molecule has 222 valence electrons. The molecule has 2 heteroatoms. The Morgan fingerprint density at radius 3 is 1.98 bits per heavy atom. The Hall–Kier alpha value is -3.52. The van der Waals surface area contributed by atoms with E-state index >= 15 is 0 Å². The minimum atomic E-state index is -0.392. The van der Waals surface area contributed by atoms with E-state index in [9.17, 15) is 0 Å². The first-order chi connectivity index (χ1) is 20.0. The van der Waals surface area contributed by atoms with Crippen LogP contribution < -0.4 is 0 Å². The summed E-state index contributed by atoms with van der Waals surface area (Å²) in [5, 5.41) is 9.02. The van der Waals surface area contributed by atoms with Crippen molar-refractivity contribution in [2.24, 2.45) is 10.4 Å². The zero-order valence-corrected chi connectivity index (χ0v) is 27.9. The topological polar surface area (TPSA) is 36.2 Å². The number of fused-ring (bicyclic) bond motifs is 4. The first-order valence-corrected chi connectivity index (χ1v) is 16.0. The molecule has 0 spiro atoms. The molecule has 3 aromatic carbocycles. The average molecular weight is 569 g/mol. The monoisotopic (exact) mass is 568 g/mol. The Kier molecular flexibility index (Phi) is 6.52. The van der Waals surface area contributed by atoms with Crippen molar-refractivity contribution in [3.05, 3.63) is 118 Å². The van der Waals surface area contributed by atoms with Crippen LogP contribution in [0.15, 0.2) is 89.5 Å². The number of nitrogens with one attached hydrogen (secondary N) is 1. The van der Waals surface area contributed by atoms with Crippen molar-refractivity contribution in [2.45, 2.75) is 104 Å². The molecule has 1 N–H and O–H groups in total. The van der Waals surface area contributed by atoms with Crippen molar-refractivity contribution in [1.82, 2.24) is 0 Å². The van der Waals surface area contributed by atoms with Gasteiger partial charge in [0.2, 0.25) is 0 Å².